The zero-order valence-electron chi connectivity index (χ0n) is 40.4. The van der Waals surface area contributed by atoms with E-state index in [2.05, 4.69) is 96.9 Å². The molecule has 0 N–H and O–H groups in total. The molecular weight excluding hydrogens is 693 g/mol. The van der Waals surface area contributed by atoms with Crippen molar-refractivity contribution < 1.29 is 23.7 Å². The second-order valence-electron chi connectivity index (χ2n) is 19.7. The number of rotatable bonds is 6. The average Bonchev–Trinajstić information content (AvgIpc) is 4.06. The molecule has 5 aliphatic heterocycles. The van der Waals surface area contributed by atoms with Crippen molar-refractivity contribution in [2.75, 3.05) is 52.9 Å². The molecule has 5 heterocycles. The van der Waals surface area contributed by atoms with Crippen LogP contribution < -0.4 is 0 Å². The SMILES string of the molecule is CC1COCC(C)C1.CCC1CCCC1C.CCC1CCCC1C.CCC1COCC1C.CCC1COCC1C.CCC1OCCC1C.CCC1OCCC1C. The van der Waals surface area contributed by atoms with E-state index < -0.39 is 0 Å². The third kappa shape index (κ3) is 22.4. The first-order valence-electron chi connectivity index (χ1n) is 24.8. The Morgan fingerprint density at radius 3 is 0.839 bits per heavy atom. The minimum Gasteiger partial charge on any atom is -0.381 e. The summed E-state index contributed by atoms with van der Waals surface area (Å²) in [6, 6.07) is 0. The van der Waals surface area contributed by atoms with Crippen LogP contribution in [0.25, 0.3) is 0 Å². The molecule has 14 unspecified atom stereocenters. The number of hydrogen-bond acceptors (Lipinski definition) is 5. The maximum atomic E-state index is 5.41. The monoisotopic (exact) mass is 795 g/mol. The van der Waals surface area contributed by atoms with Crippen molar-refractivity contribution in [2.24, 2.45) is 71.0 Å². The highest BCUT2D eigenvalue weighted by Crippen LogP contribution is 2.34. The van der Waals surface area contributed by atoms with Crippen molar-refractivity contribution in [3.63, 3.8) is 0 Å². The summed E-state index contributed by atoms with van der Waals surface area (Å²) < 4.78 is 26.6. The molecule has 2 aliphatic carbocycles. The van der Waals surface area contributed by atoms with E-state index in [4.69, 9.17) is 23.7 Å². The van der Waals surface area contributed by atoms with Crippen LogP contribution in [-0.4, -0.2) is 65.1 Å². The Hall–Kier alpha value is -0.200. The maximum Gasteiger partial charge on any atom is 0.0598 e. The van der Waals surface area contributed by atoms with Crippen LogP contribution in [0.3, 0.4) is 0 Å². The Balaban J connectivity index is 0.000000327. The van der Waals surface area contributed by atoms with Gasteiger partial charge in [0.15, 0.2) is 0 Å². The van der Waals surface area contributed by atoms with E-state index in [0.717, 1.165) is 124 Å². The Morgan fingerprint density at radius 1 is 0.339 bits per heavy atom. The summed E-state index contributed by atoms with van der Waals surface area (Å²) in [4.78, 5) is 0. The third-order valence-electron chi connectivity index (χ3n) is 14.7. The molecule has 7 fully saturated rings. The zero-order valence-corrected chi connectivity index (χ0v) is 40.4. The van der Waals surface area contributed by atoms with Gasteiger partial charge in [0, 0.05) is 52.9 Å². The van der Waals surface area contributed by atoms with Crippen molar-refractivity contribution in [3.8, 4) is 0 Å². The highest BCUT2D eigenvalue weighted by molar-refractivity contribution is 4.74. The molecule has 0 aromatic heterocycles. The second-order valence-corrected chi connectivity index (χ2v) is 19.7. The predicted octanol–water partition coefficient (Wildman–Crippen LogP) is 14.3. The first-order valence-corrected chi connectivity index (χ1v) is 24.8. The Morgan fingerprint density at radius 2 is 0.696 bits per heavy atom. The largest absolute Gasteiger partial charge is 0.381 e. The summed E-state index contributed by atoms with van der Waals surface area (Å²) in [5.41, 5.74) is 0. The van der Waals surface area contributed by atoms with E-state index in [9.17, 15) is 0 Å². The van der Waals surface area contributed by atoms with Crippen molar-refractivity contribution in [2.45, 2.75) is 205 Å². The highest BCUT2D eigenvalue weighted by atomic mass is 16.5. The molecule has 14 atom stereocenters. The van der Waals surface area contributed by atoms with Gasteiger partial charge < -0.3 is 23.7 Å². The standard InChI is InChI=1S/2C8H16.5C7H14O/c2*1-3-8-6-4-5-7(8)2;1-6-3-7(2)5-8-4-6;2*1-3-7-5-8-4-6(7)2;2*1-3-7-6(2)4-5-8-7/h2*7-8H,3-6H2,1-2H3;5*6-7H,3-5H2,1-2H3. The van der Waals surface area contributed by atoms with Crippen LogP contribution in [-0.2, 0) is 23.7 Å². The zero-order chi connectivity index (χ0) is 41.9. The Kier molecular flexibility index (Phi) is 31.3. The van der Waals surface area contributed by atoms with E-state index in [1.165, 1.54) is 96.3 Å². The van der Waals surface area contributed by atoms with E-state index in [1.54, 1.807) is 0 Å². The summed E-state index contributed by atoms with van der Waals surface area (Å²) in [7, 11) is 0. The van der Waals surface area contributed by atoms with Gasteiger partial charge in [-0.1, -0.05) is 161 Å². The lowest BCUT2D eigenvalue weighted by molar-refractivity contribution is 0.0274. The third-order valence-corrected chi connectivity index (χ3v) is 14.7. The van der Waals surface area contributed by atoms with E-state index in [-0.39, 0.29) is 0 Å². The molecule has 2 saturated carbocycles. The minimum atomic E-state index is 0.565. The second kappa shape index (κ2) is 32.6. The van der Waals surface area contributed by atoms with E-state index in [0.29, 0.717) is 12.2 Å². The molecule has 5 saturated heterocycles. The average molecular weight is 795 g/mol. The minimum absolute atomic E-state index is 0.565. The van der Waals surface area contributed by atoms with Gasteiger partial charge in [-0.05, 0) is 103 Å². The number of hydrogen-bond donors (Lipinski definition) is 0. The van der Waals surface area contributed by atoms with Crippen LogP contribution in [0.5, 0.6) is 0 Å². The molecule has 0 amide bonds. The van der Waals surface area contributed by atoms with Gasteiger partial charge in [0.05, 0.1) is 12.2 Å². The fourth-order valence-corrected chi connectivity index (χ4v) is 9.95. The fraction of sp³-hybridized carbons (Fsp3) is 1.00. The van der Waals surface area contributed by atoms with Gasteiger partial charge in [-0.2, -0.15) is 0 Å². The predicted molar refractivity (Wildman–Crippen MR) is 243 cm³/mol. The van der Waals surface area contributed by atoms with Gasteiger partial charge in [0.1, 0.15) is 0 Å². The Bertz CT molecular complexity index is 719. The molecular formula is C51H102O5. The molecule has 0 spiro atoms. The summed E-state index contributed by atoms with van der Waals surface area (Å²) in [6.07, 6.45) is 21.7. The van der Waals surface area contributed by atoms with Gasteiger partial charge in [-0.25, -0.2) is 0 Å². The molecule has 7 rings (SSSR count). The van der Waals surface area contributed by atoms with E-state index in [1.807, 2.05) is 0 Å². The van der Waals surface area contributed by atoms with Crippen LogP contribution in [0.1, 0.15) is 193 Å². The summed E-state index contributed by atoms with van der Waals surface area (Å²) >= 11 is 0. The molecule has 56 heavy (non-hydrogen) atoms. The maximum absolute atomic E-state index is 5.41. The van der Waals surface area contributed by atoms with Gasteiger partial charge in [0.2, 0.25) is 0 Å². The smallest absolute Gasteiger partial charge is 0.0598 e. The molecule has 336 valence electrons. The number of ether oxygens (including phenoxy) is 5. The normalized spacial score (nSPS) is 38.5. The molecule has 5 heteroatoms. The van der Waals surface area contributed by atoms with Crippen LogP contribution in [0.2, 0.25) is 0 Å². The molecule has 0 aromatic carbocycles. The van der Waals surface area contributed by atoms with Crippen LogP contribution in [0, 0.1) is 71.0 Å². The molecule has 0 radical (unpaired) electrons. The Labute approximate surface area is 352 Å². The fourth-order valence-electron chi connectivity index (χ4n) is 9.95. The van der Waals surface area contributed by atoms with Crippen LogP contribution >= 0.6 is 0 Å². The molecule has 7 aliphatic rings. The lowest BCUT2D eigenvalue weighted by Gasteiger charge is -2.23. The van der Waals surface area contributed by atoms with Gasteiger partial charge in [0.25, 0.3) is 0 Å². The molecule has 5 nitrogen and oxygen atoms in total. The summed E-state index contributed by atoms with van der Waals surface area (Å²) in [6.45, 7) is 39.7. The van der Waals surface area contributed by atoms with Crippen LogP contribution in [0.15, 0.2) is 0 Å². The van der Waals surface area contributed by atoms with Crippen LogP contribution in [0.4, 0.5) is 0 Å². The summed E-state index contributed by atoms with van der Waals surface area (Å²) in [5.74, 6) is 10.7. The lowest BCUT2D eigenvalue weighted by Crippen LogP contribution is -2.21. The quantitative estimate of drug-likeness (QED) is 0.268. The van der Waals surface area contributed by atoms with Gasteiger partial charge >= 0.3 is 0 Å². The van der Waals surface area contributed by atoms with Crippen molar-refractivity contribution in [1.82, 2.24) is 0 Å². The highest BCUT2D eigenvalue weighted by Gasteiger charge is 2.24. The van der Waals surface area contributed by atoms with Crippen molar-refractivity contribution in [1.29, 1.82) is 0 Å². The van der Waals surface area contributed by atoms with Gasteiger partial charge in [-0.3, -0.25) is 0 Å². The van der Waals surface area contributed by atoms with Crippen molar-refractivity contribution >= 4 is 0 Å². The lowest BCUT2D eigenvalue weighted by atomic mass is 9.96. The van der Waals surface area contributed by atoms with Gasteiger partial charge in [-0.15, -0.1) is 0 Å². The summed E-state index contributed by atoms with van der Waals surface area (Å²) in [5, 5.41) is 0. The molecule has 0 bridgehead atoms. The molecule has 0 aromatic rings. The first kappa shape index (κ1) is 53.8. The first-order chi connectivity index (χ1) is 26.8. The van der Waals surface area contributed by atoms with E-state index >= 15 is 0 Å². The topological polar surface area (TPSA) is 46.2 Å². The van der Waals surface area contributed by atoms with Crippen molar-refractivity contribution in [3.05, 3.63) is 0 Å².